The second kappa shape index (κ2) is 5.60. The predicted octanol–water partition coefficient (Wildman–Crippen LogP) is 2.05. The van der Waals surface area contributed by atoms with Crippen LogP contribution in [0.3, 0.4) is 0 Å². The number of hydrogen-bond acceptors (Lipinski definition) is 3. The van der Waals surface area contributed by atoms with Crippen molar-refractivity contribution < 1.29 is 4.74 Å². The third kappa shape index (κ3) is 3.27. The van der Waals surface area contributed by atoms with Gasteiger partial charge in [-0.2, -0.15) is 0 Å². The molecule has 2 heterocycles. The van der Waals surface area contributed by atoms with Gasteiger partial charge in [-0.25, -0.2) is 0 Å². The average Bonchev–Trinajstić information content (AvgIpc) is 2.59. The number of ether oxygens (including phenoxy) is 1. The van der Waals surface area contributed by atoms with Gasteiger partial charge in [-0.3, -0.25) is 5.32 Å². The SMILES string of the molecule is Cl.c1csc(CC2NCCCO2)c1. The lowest BCUT2D eigenvalue weighted by molar-refractivity contribution is 0.00241. The topological polar surface area (TPSA) is 21.3 Å². The first kappa shape index (κ1) is 11.0. The zero-order valence-electron chi connectivity index (χ0n) is 7.36. The van der Waals surface area contributed by atoms with Crippen molar-refractivity contribution in [1.29, 1.82) is 0 Å². The zero-order chi connectivity index (χ0) is 8.23. The molecular formula is C9H14ClNOS. The molecule has 1 aliphatic rings. The monoisotopic (exact) mass is 219 g/mol. The van der Waals surface area contributed by atoms with Gasteiger partial charge in [0.05, 0.1) is 0 Å². The summed E-state index contributed by atoms with van der Waals surface area (Å²) in [6.07, 6.45) is 2.40. The van der Waals surface area contributed by atoms with E-state index in [4.69, 9.17) is 4.74 Å². The van der Waals surface area contributed by atoms with Gasteiger partial charge in [-0.1, -0.05) is 6.07 Å². The molecule has 1 unspecified atom stereocenters. The summed E-state index contributed by atoms with van der Waals surface area (Å²) in [7, 11) is 0. The first-order chi connectivity index (χ1) is 5.95. The van der Waals surface area contributed by atoms with Gasteiger partial charge in [0.1, 0.15) is 6.23 Å². The standard InChI is InChI=1S/C9H13NOS.ClH/c1-3-8(12-6-1)7-9-10-4-2-5-11-9;/h1,3,6,9-10H,2,4-5,7H2;1H. The first-order valence-electron chi connectivity index (χ1n) is 4.32. The Hall–Kier alpha value is -0.0900. The lowest BCUT2D eigenvalue weighted by Crippen LogP contribution is -2.39. The molecule has 1 aliphatic heterocycles. The number of nitrogens with one attached hydrogen (secondary N) is 1. The molecule has 1 aromatic heterocycles. The van der Waals surface area contributed by atoms with Gasteiger partial charge in [0.2, 0.25) is 0 Å². The average molecular weight is 220 g/mol. The molecule has 1 fully saturated rings. The van der Waals surface area contributed by atoms with Crippen molar-refractivity contribution in [3.8, 4) is 0 Å². The molecular weight excluding hydrogens is 206 g/mol. The van der Waals surface area contributed by atoms with Crippen LogP contribution in [0.2, 0.25) is 0 Å². The molecule has 1 aromatic rings. The highest BCUT2D eigenvalue weighted by Gasteiger charge is 2.13. The van der Waals surface area contributed by atoms with Crippen molar-refractivity contribution in [2.75, 3.05) is 13.2 Å². The van der Waals surface area contributed by atoms with Crippen LogP contribution in [0.1, 0.15) is 11.3 Å². The Kier molecular flexibility index (Phi) is 4.73. The minimum Gasteiger partial charge on any atom is -0.363 e. The van der Waals surface area contributed by atoms with E-state index >= 15 is 0 Å². The minimum atomic E-state index is 0. The summed E-state index contributed by atoms with van der Waals surface area (Å²) in [4.78, 5) is 1.40. The molecule has 0 aromatic carbocycles. The summed E-state index contributed by atoms with van der Waals surface area (Å²) in [6.45, 7) is 2.00. The van der Waals surface area contributed by atoms with E-state index in [0.29, 0.717) is 0 Å². The van der Waals surface area contributed by atoms with Crippen molar-refractivity contribution >= 4 is 23.7 Å². The lowest BCUT2D eigenvalue weighted by Gasteiger charge is -2.23. The van der Waals surface area contributed by atoms with Gasteiger partial charge in [0.25, 0.3) is 0 Å². The van der Waals surface area contributed by atoms with Crippen LogP contribution >= 0.6 is 23.7 Å². The lowest BCUT2D eigenvalue weighted by atomic mass is 10.3. The third-order valence-electron chi connectivity index (χ3n) is 1.98. The fourth-order valence-electron chi connectivity index (χ4n) is 1.36. The summed E-state index contributed by atoms with van der Waals surface area (Å²) in [5.74, 6) is 0. The second-order valence-electron chi connectivity index (χ2n) is 2.95. The Morgan fingerprint density at radius 3 is 3.15 bits per heavy atom. The van der Waals surface area contributed by atoms with Gasteiger partial charge in [0, 0.05) is 17.9 Å². The highest BCUT2D eigenvalue weighted by Crippen LogP contribution is 2.12. The maximum absolute atomic E-state index is 5.55. The molecule has 0 bridgehead atoms. The highest BCUT2D eigenvalue weighted by atomic mass is 35.5. The third-order valence-corrected chi connectivity index (χ3v) is 2.88. The normalized spacial score (nSPS) is 22.3. The van der Waals surface area contributed by atoms with E-state index in [-0.39, 0.29) is 18.6 Å². The Bertz CT molecular complexity index is 222. The number of rotatable bonds is 2. The van der Waals surface area contributed by atoms with Crippen LogP contribution in [0.4, 0.5) is 0 Å². The summed E-state index contributed by atoms with van der Waals surface area (Å²) in [5, 5.41) is 5.45. The van der Waals surface area contributed by atoms with Gasteiger partial charge in [0.15, 0.2) is 0 Å². The summed E-state index contributed by atoms with van der Waals surface area (Å²) in [6, 6.07) is 4.24. The molecule has 74 valence electrons. The predicted molar refractivity (Wildman–Crippen MR) is 57.6 cm³/mol. The van der Waals surface area contributed by atoms with Gasteiger partial charge in [-0.05, 0) is 24.4 Å². The van der Waals surface area contributed by atoms with Crippen LogP contribution < -0.4 is 5.32 Å². The van der Waals surface area contributed by atoms with E-state index in [1.165, 1.54) is 4.88 Å². The van der Waals surface area contributed by atoms with Crippen molar-refractivity contribution in [3.63, 3.8) is 0 Å². The molecule has 1 atom stereocenters. The van der Waals surface area contributed by atoms with E-state index < -0.39 is 0 Å². The molecule has 0 aliphatic carbocycles. The Morgan fingerprint density at radius 2 is 2.54 bits per heavy atom. The molecule has 0 amide bonds. The molecule has 1 N–H and O–H groups in total. The van der Waals surface area contributed by atoms with Gasteiger partial charge >= 0.3 is 0 Å². The van der Waals surface area contributed by atoms with Gasteiger partial charge < -0.3 is 4.74 Å². The summed E-state index contributed by atoms with van der Waals surface area (Å²) < 4.78 is 5.55. The van der Waals surface area contributed by atoms with Crippen LogP contribution in [0, 0.1) is 0 Å². The van der Waals surface area contributed by atoms with E-state index in [1.807, 2.05) is 0 Å². The zero-order valence-corrected chi connectivity index (χ0v) is 9.00. The van der Waals surface area contributed by atoms with Crippen molar-refractivity contribution in [2.24, 2.45) is 0 Å². The largest absolute Gasteiger partial charge is 0.363 e. The molecule has 0 spiro atoms. The van der Waals surface area contributed by atoms with Crippen LogP contribution in [0.25, 0.3) is 0 Å². The Balaban J connectivity index is 0.000000845. The molecule has 1 saturated heterocycles. The maximum atomic E-state index is 5.55. The molecule has 4 heteroatoms. The number of halogens is 1. The highest BCUT2D eigenvalue weighted by molar-refractivity contribution is 7.09. The Morgan fingerprint density at radius 1 is 1.62 bits per heavy atom. The van der Waals surface area contributed by atoms with Crippen LogP contribution in [-0.4, -0.2) is 19.4 Å². The quantitative estimate of drug-likeness (QED) is 0.822. The van der Waals surface area contributed by atoms with Crippen LogP contribution in [0.15, 0.2) is 17.5 Å². The fraction of sp³-hybridized carbons (Fsp3) is 0.556. The smallest absolute Gasteiger partial charge is 0.112 e. The van der Waals surface area contributed by atoms with E-state index in [2.05, 4.69) is 22.8 Å². The number of thiophene rings is 1. The van der Waals surface area contributed by atoms with Crippen LogP contribution in [-0.2, 0) is 11.2 Å². The maximum Gasteiger partial charge on any atom is 0.112 e. The Labute approximate surface area is 88.7 Å². The summed E-state index contributed by atoms with van der Waals surface area (Å²) >= 11 is 1.80. The van der Waals surface area contributed by atoms with E-state index in [1.54, 1.807) is 11.3 Å². The summed E-state index contributed by atoms with van der Waals surface area (Å²) in [5.41, 5.74) is 0. The van der Waals surface area contributed by atoms with E-state index in [9.17, 15) is 0 Å². The molecule has 0 radical (unpaired) electrons. The molecule has 2 nitrogen and oxygen atoms in total. The van der Waals surface area contributed by atoms with Crippen molar-refractivity contribution in [1.82, 2.24) is 5.32 Å². The molecule has 2 rings (SSSR count). The van der Waals surface area contributed by atoms with Crippen molar-refractivity contribution in [2.45, 2.75) is 19.1 Å². The second-order valence-corrected chi connectivity index (χ2v) is 3.98. The fourth-order valence-corrected chi connectivity index (χ4v) is 2.10. The van der Waals surface area contributed by atoms with Gasteiger partial charge in [-0.15, -0.1) is 23.7 Å². The molecule has 0 saturated carbocycles. The number of hydrogen-bond donors (Lipinski definition) is 1. The molecule has 13 heavy (non-hydrogen) atoms. The van der Waals surface area contributed by atoms with E-state index in [0.717, 1.165) is 26.0 Å². The first-order valence-corrected chi connectivity index (χ1v) is 5.20. The minimum absolute atomic E-state index is 0. The van der Waals surface area contributed by atoms with Crippen molar-refractivity contribution in [3.05, 3.63) is 22.4 Å². The van der Waals surface area contributed by atoms with Crippen LogP contribution in [0.5, 0.6) is 0 Å².